The summed E-state index contributed by atoms with van der Waals surface area (Å²) in [6.07, 6.45) is 4.17. The molecule has 0 bridgehead atoms. The average molecular weight is 316 g/mol. The van der Waals surface area contributed by atoms with Gasteiger partial charge in [-0.2, -0.15) is 0 Å². The first-order valence-electron chi connectivity index (χ1n) is 6.62. The van der Waals surface area contributed by atoms with Crippen LogP contribution in [0.3, 0.4) is 0 Å². The maximum atomic E-state index is 13.7. The van der Waals surface area contributed by atoms with Crippen LogP contribution in [0.25, 0.3) is 0 Å². The maximum Gasteiger partial charge on any atom is 0.207 e. The van der Waals surface area contributed by atoms with Gasteiger partial charge in [-0.15, -0.1) is 0 Å². The Labute approximate surface area is 126 Å². The van der Waals surface area contributed by atoms with E-state index in [1.807, 2.05) is 11.5 Å². The fourth-order valence-corrected chi connectivity index (χ4v) is 2.11. The van der Waals surface area contributed by atoms with Crippen molar-refractivity contribution in [2.45, 2.75) is 19.9 Å². The number of hydrogen-bond acceptors (Lipinski definition) is 3. The van der Waals surface area contributed by atoms with Crippen LogP contribution < -0.4 is 5.32 Å². The highest BCUT2D eigenvalue weighted by Gasteiger charge is 2.12. The molecule has 1 heterocycles. The summed E-state index contributed by atoms with van der Waals surface area (Å²) in [7, 11) is 0. The predicted molar refractivity (Wildman–Crippen MR) is 78.0 cm³/mol. The summed E-state index contributed by atoms with van der Waals surface area (Å²) in [4.78, 5) is 4.11. The van der Waals surface area contributed by atoms with Gasteiger partial charge in [-0.3, -0.25) is 0 Å². The molecular formula is C14H16ClF2N3O. The van der Waals surface area contributed by atoms with Gasteiger partial charge in [-0.25, -0.2) is 13.8 Å². The zero-order chi connectivity index (χ0) is 15.2. The van der Waals surface area contributed by atoms with Gasteiger partial charge in [-0.05, 0) is 19.4 Å². The van der Waals surface area contributed by atoms with Crippen LogP contribution >= 0.6 is 11.6 Å². The number of aryl methyl sites for hydroxylation is 1. The van der Waals surface area contributed by atoms with Crippen LogP contribution in [0.2, 0.25) is 5.02 Å². The van der Waals surface area contributed by atoms with Gasteiger partial charge in [0, 0.05) is 38.2 Å². The zero-order valence-electron chi connectivity index (χ0n) is 11.6. The van der Waals surface area contributed by atoms with Gasteiger partial charge in [0.2, 0.25) is 5.95 Å². The minimum absolute atomic E-state index is 0.00956. The van der Waals surface area contributed by atoms with Gasteiger partial charge in [0.25, 0.3) is 0 Å². The second-order valence-corrected chi connectivity index (χ2v) is 4.77. The Morgan fingerprint density at radius 2 is 2.19 bits per heavy atom. The van der Waals surface area contributed by atoms with Crippen LogP contribution in [-0.4, -0.2) is 22.8 Å². The Kier molecular flexibility index (Phi) is 5.52. The number of rotatable bonds is 7. The molecule has 0 amide bonds. The molecule has 0 aliphatic carbocycles. The Morgan fingerprint density at radius 1 is 1.38 bits per heavy atom. The van der Waals surface area contributed by atoms with Gasteiger partial charge in [0.1, 0.15) is 5.82 Å². The van der Waals surface area contributed by atoms with Crippen molar-refractivity contribution in [3.63, 3.8) is 0 Å². The summed E-state index contributed by atoms with van der Waals surface area (Å²) in [5.41, 5.74) is 0.00956. The fraction of sp³-hybridized carbons (Fsp3) is 0.357. The van der Waals surface area contributed by atoms with Crippen molar-refractivity contribution in [2.75, 3.05) is 18.5 Å². The molecule has 114 valence electrons. The summed E-state index contributed by atoms with van der Waals surface area (Å²) in [5, 5.41) is 2.76. The fourth-order valence-electron chi connectivity index (χ4n) is 1.87. The molecule has 2 aromatic rings. The summed E-state index contributed by atoms with van der Waals surface area (Å²) >= 11 is 5.85. The van der Waals surface area contributed by atoms with E-state index < -0.39 is 11.6 Å². The van der Waals surface area contributed by atoms with Crippen LogP contribution in [0.1, 0.15) is 13.3 Å². The number of imidazole rings is 1. The summed E-state index contributed by atoms with van der Waals surface area (Å²) < 4.78 is 33.8. The quantitative estimate of drug-likeness (QED) is 0.785. The highest BCUT2D eigenvalue weighted by atomic mass is 35.5. The first-order chi connectivity index (χ1) is 10.1. The number of benzene rings is 1. The molecule has 1 aromatic heterocycles. The number of ether oxygens (including phenoxy) is 1. The van der Waals surface area contributed by atoms with Gasteiger partial charge in [0.05, 0.1) is 10.7 Å². The van der Waals surface area contributed by atoms with E-state index in [4.69, 9.17) is 16.3 Å². The Bertz CT molecular complexity index is 581. The lowest BCUT2D eigenvalue weighted by molar-refractivity contribution is 0.142. The third-order valence-electron chi connectivity index (χ3n) is 2.85. The average Bonchev–Trinajstić information content (AvgIpc) is 2.86. The molecule has 0 fully saturated rings. The highest BCUT2D eigenvalue weighted by Crippen LogP contribution is 2.28. The smallest absolute Gasteiger partial charge is 0.207 e. The number of nitrogens with one attached hydrogen (secondary N) is 1. The van der Waals surface area contributed by atoms with E-state index in [2.05, 4.69) is 10.3 Å². The first-order valence-corrected chi connectivity index (χ1v) is 7.00. The van der Waals surface area contributed by atoms with Crippen molar-refractivity contribution in [1.82, 2.24) is 9.55 Å². The highest BCUT2D eigenvalue weighted by molar-refractivity contribution is 6.33. The monoisotopic (exact) mass is 315 g/mol. The van der Waals surface area contributed by atoms with E-state index in [0.717, 1.165) is 18.6 Å². The minimum Gasteiger partial charge on any atom is -0.382 e. The lowest BCUT2D eigenvalue weighted by Crippen LogP contribution is -2.07. The molecule has 21 heavy (non-hydrogen) atoms. The molecule has 0 aliphatic heterocycles. The van der Waals surface area contributed by atoms with Crippen LogP contribution in [0.15, 0.2) is 24.5 Å². The normalized spacial score (nSPS) is 10.9. The van der Waals surface area contributed by atoms with Crippen LogP contribution in [0, 0.1) is 11.6 Å². The topological polar surface area (TPSA) is 39.1 Å². The SMILES string of the molecule is CCOCCCn1ccnc1Nc1c(F)cc(F)cc1Cl. The molecule has 0 atom stereocenters. The number of anilines is 2. The van der Waals surface area contributed by atoms with Crippen LogP contribution in [0.4, 0.5) is 20.4 Å². The van der Waals surface area contributed by atoms with E-state index in [1.54, 1.807) is 12.4 Å². The molecule has 1 N–H and O–H groups in total. The van der Waals surface area contributed by atoms with Gasteiger partial charge >= 0.3 is 0 Å². The summed E-state index contributed by atoms with van der Waals surface area (Å²) in [5.74, 6) is -1.04. The lowest BCUT2D eigenvalue weighted by Gasteiger charge is -2.12. The zero-order valence-corrected chi connectivity index (χ0v) is 12.3. The Hall–Kier alpha value is -1.66. The minimum atomic E-state index is -0.760. The standard InChI is InChI=1S/C14H16ClF2N3O/c1-2-21-7-3-5-20-6-4-18-14(20)19-13-11(15)8-10(16)9-12(13)17/h4,6,8-9H,2-3,5,7H2,1H3,(H,18,19). The van der Waals surface area contributed by atoms with Crippen molar-refractivity contribution >= 4 is 23.2 Å². The van der Waals surface area contributed by atoms with Crippen molar-refractivity contribution in [1.29, 1.82) is 0 Å². The van der Waals surface area contributed by atoms with Crippen LogP contribution in [0.5, 0.6) is 0 Å². The lowest BCUT2D eigenvalue weighted by atomic mass is 10.3. The van der Waals surface area contributed by atoms with Crippen molar-refractivity contribution in [3.8, 4) is 0 Å². The molecule has 0 aliphatic rings. The second-order valence-electron chi connectivity index (χ2n) is 4.36. The van der Waals surface area contributed by atoms with Crippen molar-refractivity contribution in [2.24, 2.45) is 0 Å². The number of halogens is 3. The van der Waals surface area contributed by atoms with Crippen molar-refractivity contribution in [3.05, 3.63) is 41.2 Å². The predicted octanol–water partition coefficient (Wildman–Crippen LogP) is 3.98. The third kappa shape index (κ3) is 4.15. The molecule has 0 radical (unpaired) electrons. The van der Waals surface area contributed by atoms with Gasteiger partial charge < -0.3 is 14.6 Å². The molecule has 0 saturated carbocycles. The molecular weight excluding hydrogens is 300 g/mol. The maximum absolute atomic E-state index is 13.7. The molecule has 7 heteroatoms. The molecule has 4 nitrogen and oxygen atoms in total. The Balaban J connectivity index is 2.09. The third-order valence-corrected chi connectivity index (χ3v) is 3.15. The number of aromatic nitrogens is 2. The molecule has 0 saturated heterocycles. The second kappa shape index (κ2) is 7.38. The number of nitrogens with zero attached hydrogens (tertiary/aromatic N) is 2. The van der Waals surface area contributed by atoms with E-state index in [0.29, 0.717) is 25.7 Å². The summed E-state index contributed by atoms with van der Waals surface area (Å²) in [6.45, 7) is 3.91. The van der Waals surface area contributed by atoms with E-state index >= 15 is 0 Å². The molecule has 0 spiro atoms. The largest absolute Gasteiger partial charge is 0.382 e. The Morgan fingerprint density at radius 3 is 2.90 bits per heavy atom. The molecule has 0 unspecified atom stereocenters. The van der Waals surface area contributed by atoms with Gasteiger partial charge in [0.15, 0.2) is 5.82 Å². The molecule has 2 rings (SSSR count). The van der Waals surface area contributed by atoms with Crippen molar-refractivity contribution < 1.29 is 13.5 Å². The molecule has 1 aromatic carbocycles. The summed E-state index contributed by atoms with van der Waals surface area (Å²) in [6, 6.07) is 1.83. The first kappa shape index (κ1) is 15.7. The van der Waals surface area contributed by atoms with Crippen LogP contribution in [-0.2, 0) is 11.3 Å². The van der Waals surface area contributed by atoms with E-state index in [1.165, 1.54) is 0 Å². The van der Waals surface area contributed by atoms with E-state index in [-0.39, 0.29) is 10.7 Å². The number of hydrogen-bond donors (Lipinski definition) is 1. The van der Waals surface area contributed by atoms with Gasteiger partial charge in [-0.1, -0.05) is 11.6 Å². The van der Waals surface area contributed by atoms with E-state index in [9.17, 15) is 8.78 Å².